The minimum Gasteiger partial charge on any atom is -0.303 e. The topological polar surface area (TPSA) is 17.1 Å². The van der Waals surface area contributed by atoms with Gasteiger partial charge in [-0.1, -0.05) is 28.1 Å². The van der Waals surface area contributed by atoms with E-state index in [0.717, 1.165) is 30.9 Å². The Bertz CT molecular complexity index is 99.4. The van der Waals surface area contributed by atoms with E-state index < -0.39 is 0 Å². The van der Waals surface area contributed by atoms with Crippen LogP contribution in [0.3, 0.4) is 0 Å². The highest BCUT2D eigenvalue weighted by Gasteiger charge is 1.80. The molecule has 0 saturated carbocycles. The molecule has 0 bridgehead atoms. The Morgan fingerprint density at radius 2 is 1.80 bits per heavy atom. The molecular formula is C8H13BrO. The minimum absolute atomic E-state index is 0.693. The van der Waals surface area contributed by atoms with Crippen molar-refractivity contribution in [1.82, 2.24) is 0 Å². The Morgan fingerprint density at radius 3 is 2.40 bits per heavy atom. The van der Waals surface area contributed by atoms with E-state index in [1.54, 1.807) is 0 Å². The Labute approximate surface area is 70.6 Å². The molecule has 0 saturated heterocycles. The summed E-state index contributed by atoms with van der Waals surface area (Å²) in [4.78, 5) is 9.86. The van der Waals surface area contributed by atoms with Crippen molar-refractivity contribution in [1.29, 1.82) is 0 Å². The number of hydrogen-bond acceptors (Lipinski definition) is 1. The van der Waals surface area contributed by atoms with Crippen molar-refractivity contribution in [3.05, 3.63) is 12.2 Å². The summed E-state index contributed by atoms with van der Waals surface area (Å²) >= 11 is 3.32. The number of unbranched alkanes of at least 4 members (excludes halogenated alkanes) is 2. The van der Waals surface area contributed by atoms with Crippen molar-refractivity contribution < 1.29 is 4.79 Å². The third-order valence-electron chi connectivity index (χ3n) is 1.14. The Morgan fingerprint density at radius 1 is 1.10 bits per heavy atom. The molecule has 2 heteroatoms. The Hall–Kier alpha value is -0.110. The van der Waals surface area contributed by atoms with Crippen molar-refractivity contribution in [2.75, 3.05) is 5.33 Å². The highest BCUT2D eigenvalue weighted by Crippen LogP contribution is 1.96. The van der Waals surface area contributed by atoms with Gasteiger partial charge in [-0.3, -0.25) is 0 Å². The average Bonchev–Trinajstić information content (AvgIpc) is 1.97. The van der Waals surface area contributed by atoms with Crippen LogP contribution >= 0.6 is 15.9 Å². The molecule has 0 aliphatic carbocycles. The number of hydrogen-bond donors (Lipinski definition) is 0. The van der Waals surface area contributed by atoms with Gasteiger partial charge in [0.05, 0.1) is 0 Å². The van der Waals surface area contributed by atoms with Gasteiger partial charge in [-0.15, -0.1) is 0 Å². The number of allylic oxidation sites excluding steroid dienone is 2. The standard InChI is InChI=1S/C8H13BrO/c9-7-5-3-1-2-4-6-8-10/h1,3,8H,2,4-7H2/b3-1+. The SMILES string of the molecule is O=CCCC/C=C/CCBr. The van der Waals surface area contributed by atoms with Crippen molar-refractivity contribution in [3.8, 4) is 0 Å². The first-order valence-electron chi connectivity index (χ1n) is 3.56. The van der Waals surface area contributed by atoms with E-state index in [-0.39, 0.29) is 0 Å². The maximum absolute atomic E-state index is 9.86. The molecule has 0 aliphatic rings. The van der Waals surface area contributed by atoms with Crippen LogP contribution in [0.15, 0.2) is 12.2 Å². The van der Waals surface area contributed by atoms with Gasteiger partial charge in [0.2, 0.25) is 0 Å². The largest absolute Gasteiger partial charge is 0.303 e. The fourth-order valence-corrected chi connectivity index (χ4v) is 0.882. The molecule has 0 unspecified atom stereocenters. The lowest BCUT2D eigenvalue weighted by molar-refractivity contribution is -0.107. The van der Waals surface area contributed by atoms with E-state index in [0.29, 0.717) is 6.42 Å². The first-order valence-corrected chi connectivity index (χ1v) is 4.68. The number of alkyl halides is 1. The smallest absolute Gasteiger partial charge is 0.120 e. The second kappa shape index (κ2) is 8.89. The summed E-state index contributed by atoms with van der Waals surface area (Å²) in [7, 11) is 0. The van der Waals surface area contributed by atoms with E-state index >= 15 is 0 Å². The van der Waals surface area contributed by atoms with Gasteiger partial charge in [0, 0.05) is 11.8 Å². The molecule has 0 N–H and O–H groups in total. The van der Waals surface area contributed by atoms with Crippen LogP contribution in [0.5, 0.6) is 0 Å². The lowest BCUT2D eigenvalue weighted by Crippen LogP contribution is -1.74. The maximum Gasteiger partial charge on any atom is 0.120 e. The van der Waals surface area contributed by atoms with E-state index in [9.17, 15) is 4.79 Å². The summed E-state index contributed by atoms with van der Waals surface area (Å²) in [6.07, 6.45) is 9.04. The molecule has 10 heavy (non-hydrogen) atoms. The van der Waals surface area contributed by atoms with Gasteiger partial charge in [-0.25, -0.2) is 0 Å². The summed E-state index contributed by atoms with van der Waals surface area (Å²) in [6.45, 7) is 0. The molecule has 0 amide bonds. The number of rotatable bonds is 6. The van der Waals surface area contributed by atoms with Gasteiger partial charge in [-0.2, -0.15) is 0 Å². The first kappa shape index (κ1) is 9.89. The molecule has 0 atom stereocenters. The lowest BCUT2D eigenvalue weighted by Gasteiger charge is -1.86. The molecular weight excluding hydrogens is 192 g/mol. The quantitative estimate of drug-likeness (QED) is 0.282. The van der Waals surface area contributed by atoms with Crippen LogP contribution in [0.2, 0.25) is 0 Å². The summed E-state index contributed by atoms with van der Waals surface area (Å²) in [5.74, 6) is 0. The lowest BCUT2D eigenvalue weighted by atomic mass is 10.2. The van der Waals surface area contributed by atoms with E-state index in [1.807, 2.05) is 0 Å². The van der Waals surface area contributed by atoms with Crippen molar-refractivity contribution in [2.45, 2.75) is 25.7 Å². The average molecular weight is 205 g/mol. The van der Waals surface area contributed by atoms with E-state index in [1.165, 1.54) is 0 Å². The van der Waals surface area contributed by atoms with Crippen LogP contribution in [0.25, 0.3) is 0 Å². The van der Waals surface area contributed by atoms with Crippen molar-refractivity contribution in [2.24, 2.45) is 0 Å². The highest BCUT2D eigenvalue weighted by atomic mass is 79.9. The molecule has 0 aliphatic heterocycles. The number of carbonyl (C=O) groups is 1. The van der Waals surface area contributed by atoms with Crippen LogP contribution in [-0.4, -0.2) is 11.6 Å². The molecule has 0 aromatic carbocycles. The normalized spacial score (nSPS) is 10.5. The van der Waals surface area contributed by atoms with Gasteiger partial charge in [-0.05, 0) is 19.3 Å². The number of aldehydes is 1. The molecule has 0 spiro atoms. The molecule has 0 aromatic heterocycles. The molecule has 0 fully saturated rings. The fraction of sp³-hybridized carbons (Fsp3) is 0.625. The van der Waals surface area contributed by atoms with Gasteiger partial charge in [0.25, 0.3) is 0 Å². The first-order chi connectivity index (χ1) is 4.91. The summed E-state index contributed by atoms with van der Waals surface area (Å²) in [5, 5.41) is 1.02. The molecule has 58 valence electrons. The van der Waals surface area contributed by atoms with Gasteiger partial charge in [0.1, 0.15) is 6.29 Å². The summed E-state index contributed by atoms with van der Waals surface area (Å²) in [5.41, 5.74) is 0. The van der Waals surface area contributed by atoms with Crippen LogP contribution in [0.4, 0.5) is 0 Å². The second-order valence-electron chi connectivity index (χ2n) is 2.05. The number of carbonyl (C=O) groups excluding carboxylic acids is 1. The van der Waals surface area contributed by atoms with Gasteiger partial charge in [0.15, 0.2) is 0 Å². The van der Waals surface area contributed by atoms with E-state index in [4.69, 9.17) is 0 Å². The zero-order valence-corrected chi connectivity index (χ0v) is 7.64. The van der Waals surface area contributed by atoms with Crippen LogP contribution in [-0.2, 0) is 4.79 Å². The maximum atomic E-state index is 9.86. The molecule has 0 radical (unpaired) electrons. The minimum atomic E-state index is 0.693. The third kappa shape index (κ3) is 7.89. The third-order valence-corrected chi connectivity index (χ3v) is 1.59. The van der Waals surface area contributed by atoms with Crippen LogP contribution < -0.4 is 0 Å². The molecule has 0 heterocycles. The van der Waals surface area contributed by atoms with Crippen LogP contribution in [0.1, 0.15) is 25.7 Å². The molecule has 1 nitrogen and oxygen atoms in total. The Balaban J connectivity index is 2.94. The van der Waals surface area contributed by atoms with Gasteiger partial charge >= 0.3 is 0 Å². The van der Waals surface area contributed by atoms with Gasteiger partial charge < -0.3 is 4.79 Å². The monoisotopic (exact) mass is 204 g/mol. The summed E-state index contributed by atoms with van der Waals surface area (Å²) in [6, 6.07) is 0. The number of halogens is 1. The van der Waals surface area contributed by atoms with E-state index in [2.05, 4.69) is 28.1 Å². The highest BCUT2D eigenvalue weighted by molar-refractivity contribution is 9.09. The fourth-order valence-electron chi connectivity index (χ4n) is 0.618. The predicted molar refractivity (Wildman–Crippen MR) is 47.5 cm³/mol. The van der Waals surface area contributed by atoms with Crippen molar-refractivity contribution in [3.63, 3.8) is 0 Å². The summed E-state index contributed by atoms with van der Waals surface area (Å²) < 4.78 is 0. The zero-order valence-electron chi connectivity index (χ0n) is 6.05. The second-order valence-corrected chi connectivity index (χ2v) is 2.84. The van der Waals surface area contributed by atoms with Crippen molar-refractivity contribution >= 4 is 22.2 Å². The molecule has 0 rings (SSSR count). The molecule has 0 aromatic rings. The van der Waals surface area contributed by atoms with Crippen LogP contribution in [0, 0.1) is 0 Å². The predicted octanol–water partition coefficient (Wildman–Crippen LogP) is 2.70. The zero-order chi connectivity index (χ0) is 7.66. The Kier molecular flexibility index (Phi) is 8.79.